The van der Waals surface area contributed by atoms with E-state index < -0.39 is 5.60 Å². The maximum Gasteiger partial charge on any atom is 0.415 e. The molecular formula is C12H15ClN2O2. The lowest BCUT2D eigenvalue weighted by Gasteiger charge is -2.21. The topological polar surface area (TPSA) is 41.6 Å². The first-order valence-corrected chi connectivity index (χ1v) is 5.82. The summed E-state index contributed by atoms with van der Waals surface area (Å²) < 4.78 is 5.38. The summed E-state index contributed by atoms with van der Waals surface area (Å²) in [6, 6.07) is 7.20. The molecule has 1 amide bonds. The van der Waals surface area contributed by atoms with Crippen LogP contribution in [0.1, 0.15) is 6.92 Å². The first-order valence-electron chi connectivity index (χ1n) is 5.45. The number of nitrogens with zero attached hydrogens (tertiary/aromatic N) is 1. The number of carbonyl (C=O) groups excluding carboxylic acids is 1. The lowest BCUT2D eigenvalue weighted by atomic mass is 10.1. The molecule has 1 aromatic carbocycles. The maximum absolute atomic E-state index is 11.8. The molecule has 1 unspecified atom stereocenters. The van der Waals surface area contributed by atoms with Crippen LogP contribution in [0.15, 0.2) is 24.3 Å². The predicted octanol–water partition coefficient (Wildman–Crippen LogP) is 2.27. The second-order valence-corrected chi connectivity index (χ2v) is 4.85. The fraction of sp³-hybridized carbons (Fsp3) is 0.417. The molecule has 1 aliphatic heterocycles. The Hall–Kier alpha value is -1.26. The average Bonchev–Trinajstić information content (AvgIpc) is 2.55. The number of anilines is 1. The summed E-state index contributed by atoms with van der Waals surface area (Å²) in [5.74, 6) is 0. The third kappa shape index (κ3) is 2.53. The Kier molecular flexibility index (Phi) is 3.26. The van der Waals surface area contributed by atoms with E-state index >= 15 is 0 Å². The van der Waals surface area contributed by atoms with Crippen molar-refractivity contribution >= 4 is 23.4 Å². The van der Waals surface area contributed by atoms with Gasteiger partial charge in [-0.05, 0) is 32.2 Å². The highest BCUT2D eigenvalue weighted by molar-refractivity contribution is 6.30. The van der Waals surface area contributed by atoms with Crippen LogP contribution in [0.2, 0.25) is 5.02 Å². The second kappa shape index (κ2) is 4.55. The molecule has 1 N–H and O–H groups in total. The molecule has 1 aliphatic rings. The van der Waals surface area contributed by atoms with Crippen LogP contribution in [0.25, 0.3) is 0 Å². The van der Waals surface area contributed by atoms with Crippen molar-refractivity contribution in [3.63, 3.8) is 0 Å². The normalized spacial score (nSPS) is 23.9. The molecule has 5 heteroatoms. The average molecular weight is 255 g/mol. The van der Waals surface area contributed by atoms with Gasteiger partial charge in [0.15, 0.2) is 0 Å². The van der Waals surface area contributed by atoms with Gasteiger partial charge in [0.05, 0.1) is 6.54 Å². The van der Waals surface area contributed by atoms with Crippen molar-refractivity contribution in [3.05, 3.63) is 29.3 Å². The fourth-order valence-electron chi connectivity index (χ4n) is 2.00. The van der Waals surface area contributed by atoms with Gasteiger partial charge in [-0.1, -0.05) is 17.7 Å². The van der Waals surface area contributed by atoms with Crippen molar-refractivity contribution < 1.29 is 9.53 Å². The van der Waals surface area contributed by atoms with Crippen molar-refractivity contribution in [1.82, 2.24) is 5.32 Å². The lowest BCUT2D eigenvalue weighted by molar-refractivity contribution is 0.0734. The minimum Gasteiger partial charge on any atom is -0.440 e. The minimum atomic E-state index is -0.492. The highest BCUT2D eigenvalue weighted by atomic mass is 35.5. The molecule has 4 nitrogen and oxygen atoms in total. The fourth-order valence-corrected chi connectivity index (χ4v) is 2.19. The number of carbonyl (C=O) groups is 1. The van der Waals surface area contributed by atoms with E-state index in [0.717, 1.165) is 5.69 Å². The van der Waals surface area contributed by atoms with E-state index in [2.05, 4.69) is 5.32 Å². The van der Waals surface area contributed by atoms with E-state index in [1.165, 1.54) is 0 Å². The van der Waals surface area contributed by atoms with Gasteiger partial charge in [0, 0.05) is 17.3 Å². The molecule has 0 saturated carbocycles. The third-order valence-corrected chi connectivity index (χ3v) is 2.95. The molecule has 0 bridgehead atoms. The number of benzene rings is 1. The quantitative estimate of drug-likeness (QED) is 0.900. The summed E-state index contributed by atoms with van der Waals surface area (Å²) in [5, 5.41) is 3.63. The Morgan fingerprint density at radius 3 is 3.00 bits per heavy atom. The summed E-state index contributed by atoms with van der Waals surface area (Å²) in [6.45, 7) is 3.05. The van der Waals surface area contributed by atoms with Crippen LogP contribution in [0.3, 0.4) is 0 Å². The second-order valence-electron chi connectivity index (χ2n) is 4.41. The van der Waals surface area contributed by atoms with Gasteiger partial charge in [-0.25, -0.2) is 4.79 Å². The van der Waals surface area contributed by atoms with E-state index in [0.29, 0.717) is 18.1 Å². The number of cyclic esters (lactones) is 1. The van der Waals surface area contributed by atoms with Crippen LogP contribution >= 0.6 is 11.6 Å². The Morgan fingerprint density at radius 2 is 2.35 bits per heavy atom. The van der Waals surface area contributed by atoms with E-state index in [4.69, 9.17) is 16.3 Å². The minimum absolute atomic E-state index is 0.329. The summed E-state index contributed by atoms with van der Waals surface area (Å²) in [4.78, 5) is 13.4. The van der Waals surface area contributed by atoms with Crippen LogP contribution < -0.4 is 10.2 Å². The van der Waals surface area contributed by atoms with E-state index in [9.17, 15) is 4.79 Å². The van der Waals surface area contributed by atoms with E-state index in [1.54, 1.807) is 17.0 Å². The molecule has 92 valence electrons. The zero-order valence-corrected chi connectivity index (χ0v) is 10.6. The van der Waals surface area contributed by atoms with E-state index in [1.807, 2.05) is 26.1 Å². The molecule has 0 aromatic heterocycles. The van der Waals surface area contributed by atoms with Gasteiger partial charge in [-0.3, -0.25) is 4.90 Å². The monoisotopic (exact) mass is 254 g/mol. The number of amides is 1. The number of rotatable bonds is 3. The number of ether oxygens (including phenoxy) is 1. The molecular weight excluding hydrogens is 240 g/mol. The zero-order chi connectivity index (χ0) is 12.5. The number of hydrogen-bond donors (Lipinski definition) is 1. The lowest BCUT2D eigenvalue weighted by Crippen LogP contribution is -2.40. The Morgan fingerprint density at radius 1 is 1.59 bits per heavy atom. The molecule has 2 rings (SSSR count). The van der Waals surface area contributed by atoms with Crippen LogP contribution in [0, 0.1) is 0 Å². The predicted molar refractivity (Wildman–Crippen MR) is 67.6 cm³/mol. The van der Waals surface area contributed by atoms with Gasteiger partial charge < -0.3 is 10.1 Å². The molecule has 0 radical (unpaired) electrons. The molecule has 1 atom stereocenters. The number of halogens is 1. The molecule has 1 aromatic rings. The van der Waals surface area contributed by atoms with Gasteiger partial charge in [0.25, 0.3) is 0 Å². The highest BCUT2D eigenvalue weighted by Crippen LogP contribution is 2.28. The highest BCUT2D eigenvalue weighted by Gasteiger charge is 2.41. The van der Waals surface area contributed by atoms with Crippen molar-refractivity contribution in [2.45, 2.75) is 12.5 Å². The van der Waals surface area contributed by atoms with Gasteiger partial charge in [-0.15, -0.1) is 0 Å². The summed E-state index contributed by atoms with van der Waals surface area (Å²) in [7, 11) is 1.83. The Bertz CT molecular complexity index is 438. The number of nitrogens with one attached hydrogen (secondary N) is 1. The summed E-state index contributed by atoms with van der Waals surface area (Å²) in [6.07, 6.45) is -0.329. The van der Waals surface area contributed by atoms with Crippen LogP contribution in [0.5, 0.6) is 0 Å². The first-order chi connectivity index (χ1) is 8.04. The van der Waals surface area contributed by atoms with Crippen LogP contribution in [-0.2, 0) is 4.74 Å². The van der Waals surface area contributed by atoms with Crippen LogP contribution in [-0.4, -0.2) is 31.8 Å². The Balaban J connectivity index is 2.21. The van der Waals surface area contributed by atoms with Crippen molar-refractivity contribution in [2.75, 3.05) is 25.0 Å². The SMILES string of the molecule is CNCC1(C)CN(c2cccc(Cl)c2)C(=O)O1. The zero-order valence-electron chi connectivity index (χ0n) is 9.87. The van der Waals surface area contributed by atoms with Gasteiger partial charge in [0.2, 0.25) is 0 Å². The molecule has 1 fully saturated rings. The smallest absolute Gasteiger partial charge is 0.415 e. The Labute approximate surface area is 106 Å². The molecule has 17 heavy (non-hydrogen) atoms. The summed E-state index contributed by atoms with van der Waals surface area (Å²) in [5.41, 5.74) is 0.274. The van der Waals surface area contributed by atoms with Crippen molar-refractivity contribution in [2.24, 2.45) is 0 Å². The number of hydrogen-bond acceptors (Lipinski definition) is 3. The molecule has 0 spiro atoms. The molecule has 0 aliphatic carbocycles. The maximum atomic E-state index is 11.8. The van der Waals surface area contributed by atoms with Gasteiger partial charge >= 0.3 is 6.09 Å². The number of likely N-dealkylation sites (N-methyl/N-ethyl adjacent to an activating group) is 1. The van der Waals surface area contributed by atoms with Crippen molar-refractivity contribution in [1.29, 1.82) is 0 Å². The van der Waals surface area contributed by atoms with Gasteiger partial charge in [-0.2, -0.15) is 0 Å². The molecule has 1 heterocycles. The summed E-state index contributed by atoms with van der Waals surface area (Å²) >= 11 is 5.91. The standard InChI is InChI=1S/C12H15ClN2O2/c1-12(7-14-2)8-15(11(16)17-12)10-5-3-4-9(13)6-10/h3-6,14H,7-8H2,1-2H3. The third-order valence-electron chi connectivity index (χ3n) is 2.72. The largest absolute Gasteiger partial charge is 0.440 e. The van der Waals surface area contributed by atoms with Crippen molar-refractivity contribution in [3.8, 4) is 0 Å². The van der Waals surface area contributed by atoms with Crippen LogP contribution in [0.4, 0.5) is 10.5 Å². The first kappa shape index (κ1) is 12.2. The van der Waals surface area contributed by atoms with E-state index in [-0.39, 0.29) is 6.09 Å². The molecule has 1 saturated heterocycles. The van der Waals surface area contributed by atoms with Gasteiger partial charge in [0.1, 0.15) is 5.60 Å².